The maximum Gasteiger partial charge on any atom is 0.321 e. The number of amides is 1. The molecule has 2 atom stereocenters. The smallest absolute Gasteiger partial charge is 0.321 e. The molecule has 0 bridgehead atoms. The number of fused-ring (bicyclic) bond motifs is 3. The topological polar surface area (TPSA) is 93.9 Å². The van der Waals surface area contributed by atoms with Gasteiger partial charge in [-0.05, 0) is 56.0 Å². The highest BCUT2D eigenvalue weighted by Crippen LogP contribution is 2.43. The molecule has 1 N–H and O–H groups in total. The SMILES string of the molecule is CCOC(=O)C1C(=O)N(CCC(C)C)c2nc3ccccc3n2C1c1ccc(O)c(OCC)c1. The van der Waals surface area contributed by atoms with Crippen LogP contribution < -0.4 is 9.64 Å². The molecule has 1 aliphatic rings. The monoisotopic (exact) mass is 465 g/mol. The number of carbonyl (C=O) groups excluding carboxylic acids is 2. The number of aromatic hydroxyl groups is 1. The average Bonchev–Trinajstić information content (AvgIpc) is 3.18. The van der Waals surface area contributed by atoms with Crippen LogP contribution in [-0.4, -0.2) is 46.3 Å². The summed E-state index contributed by atoms with van der Waals surface area (Å²) in [4.78, 5) is 33.5. The van der Waals surface area contributed by atoms with Crippen LogP contribution in [-0.2, 0) is 14.3 Å². The van der Waals surface area contributed by atoms with Gasteiger partial charge < -0.3 is 19.1 Å². The number of phenolic OH excluding ortho intramolecular Hbond substituents is 1. The van der Waals surface area contributed by atoms with Crippen LogP contribution in [0.5, 0.6) is 11.5 Å². The molecule has 1 amide bonds. The second-order valence-corrected chi connectivity index (χ2v) is 8.78. The van der Waals surface area contributed by atoms with E-state index in [1.165, 1.54) is 6.07 Å². The van der Waals surface area contributed by atoms with Gasteiger partial charge >= 0.3 is 5.97 Å². The van der Waals surface area contributed by atoms with Crippen molar-refractivity contribution in [2.45, 2.75) is 40.2 Å². The van der Waals surface area contributed by atoms with Gasteiger partial charge in [0, 0.05) is 6.54 Å². The van der Waals surface area contributed by atoms with Gasteiger partial charge in [0.25, 0.3) is 0 Å². The third-order valence-electron chi connectivity index (χ3n) is 6.04. The van der Waals surface area contributed by atoms with Gasteiger partial charge in [0.05, 0.1) is 30.3 Å². The summed E-state index contributed by atoms with van der Waals surface area (Å²) in [5.74, 6) is -0.854. The van der Waals surface area contributed by atoms with Crippen LogP contribution in [0.25, 0.3) is 11.0 Å². The number of anilines is 1. The summed E-state index contributed by atoms with van der Waals surface area (Å²) in [6.45, 7) is 8.71. The minimum atomic E-state index is -1.10. The highest BCUT2D eigenvalue weighted by molar-refractivity contribution is 6.08. The zero-order valence-corrected chi connectivity index (χ0v) is 20.0. The zero-order valence-electron chi connectivity index (χ0n) is 20.0. The van der Waals surface area contributed by atoms with Crippen molar-refractivity contribution in [1.29, 1.82) is 0 Å². The van der Waals surface area contributed by atoms with Gasteiger partial charge in [-0.2, -0.15) is 0 Å². The Balaban J connectivity index is 1.96. The van der Waals surface area contributed by atoms with Crippen molar-refractivity contribution in [2.24, 2.45) is 11.8 Å². The predicted octanol–water partition coefficient (Wildman–Crippen LogP) is 4.30. The molecule has 0 aliphatic carbocycles. The van der Waals surface area contributed by atoms with E-state index < -0.39 is 17.9 Å². The number of carbonyl (C=O) groups is 2. The zero-order chi connectivity index (χ0) is 24.4. The molecular formula is C26H31N3O5. The first-order chi connectivity index (χ1) is 16.4. The fraction of sp³-hybridized carbons (Fsp3) is 0.423. The molecular weight excluding hydrogens is 434 g/mol. The fourth-order valence-electron chi connectivity index (χ4n) is 4.43. The Morgan fingerprint density at radius 1 is 1.15 bits per heavy atom. The Morgan fingerprint density at radius 3 is 2.62 bits per heavy atom. The third-order valence-corrected chi connectivity index (χ3v) is 6.04. The number of phenols is 1. The van der Waals surface area contributed by atoms with Crippen LogP contribution in [0.4, 0.5) is 5.95 Å². The fourth-order valence-corrected chi connectivity index (χ4v) is 4.43. The average molecular weight is 466 g/mol. The van der Waals surface area contributed by atoms with Crippen LogP contribution in [0, 0.1) is 11.8 Å². The first-order valence-corrected chi connectivity index (χ1v) is 11.8. The van der Waals surface area contributed by atoms with Crippen LogP contribution >= 0.6 is 0 Å². The van der Waals surface area contributed by atoms with E-state index in [9.17, 15) is 14.7 Å². The molecule has 34 heavy (non-hydrogen) atoms. The lowest BCUT2D eigenvalue weighted by molar-refractivity contribution is -0.153. The molecule has 0 spiro atoms. The van der Waals surface area contributed by atoms with Crippen molar-refractivity contribution in [2.75, 3.05) is 24.7 Å². The van der Waals surface area contributed by atoms with E-state index in [4.69, 9.17) is 14.5 Å². The van der Waals surface area contributed by atoms with Crippen LogP contribution in [0.1, 0.15) is 45.7 Å². The Kier molecular flexibility index (Phi) is 6.77. The molecule has 2 heterocycles. The van der Waals surface area contributed by atoms with Crippen molar-refractivity contribution >= 4 is 28.9 Å². The van der Waals surface area contributed by atoms with E-state index in [1.807, 2.05) is 35.8 Å². The largest absolute Gasteiger partial charge is 0.504 e. The second-order valence-electron chi connectivity index (χ2n) is 8.78. The molecule has 0 radical (unpaired) electrons. The third kappa shape index (κ3) is 4.20. The normalized spacial score (nSPS) is 17.8. The van der Waals surface area contributed by atoms with Gasteiger partial charge in [0.1, 0.15) is 0 Å². The number of rotatable bonds is 8. The number of hydrogen-bond donors (Lipinski definition) is 1. The predicted molar refractivity (Wildman–Crippen MR) is 129 cm³/mol. The van der Waals surface area contributed by atoms with Crippen molar-refractivity contribution < 1.29 is 24.2 Å². The summed E-state index contributed by atoms with van der Waals surface area (Å²) in [5.41, 5.74) is 2.20. The van der Waals surface area contributed by atoms with Crippen molar-refractivity contribution in [3.63, 3.8) is 0 Å². The molecule has 180 valence electrons. The van der Waals surface area contributed by atoms with E-state index in [0.29, 0.717) is 36.3 Å². The van der Waals surface area contributed by atoms with E-state index in [2.05, 4.69) is 13.8 Å². The maximum atomic E-state index is 13.8. The number of benzene rings is 2. The summed E-state index contributed by atoms with van der Waals surface area (Å²) in [6, 6.07) is 11.8. The van der Waals surface area contributed by atoms with Gasteiger partial charge in [-0.3, -0.25) is 14.5 Å². The Hall–Kier alpha value is -3.55. The lowest BCUT2D eigenvalue weighted by Crippen LogP contribution is -2.50. The molecule has 8 heteroatoms. The first-order valence-electron chi connectivity index (χ1n) is 11.8. The standard InChI is InChI=1S/C26H31N3O5/c1-5-33-21-15-17(11-12-20(21)30)23-22(25(32)34-6-2)24(31)28(14-13-16(3)4)26-27-18-9-7-8-10-19(18)29(23)26/h7-12,15-16,22-23,30H,5-6,13-14H2,1-4H3. The maximum absolute atomic E-state index is 13.8. The lowest BCUT2D eigenvalue weighted by Gasteiger charge is -2.38. The van der Waals surface area contributed by atoms with Crippen molar-refractivity contribution in [3.8, 4) is 11.5 Å². The summed E-state index contributed by atoms with van der Waals surface area (Å²) in [5, 5.41) is 10.3. The molecule has 2 unspecified atom stereocenters. The molecule has 1 aromatic heterocycles. The highest BCUT2D eigenvalue weighted by atomic mass is 16.5. The highest BCUT2D eigenvalue weighted by Gasteiger charge is 2.47. The lowest BCUT2D eigenvalue weighted by atomic mass is 9.89. The summed E-state index contributed by atoms with van der Waals surface area (Å²) >= 11 is 0. The molecule has 0 saturated carbocycles. The number of ether oxygens (including phenoxy) is 2. The minimum absolute atomic E-state index is 0.00491. The summed E-state index contributed by atoms with van der Waals surface area (Å²) < 4.78 is 12.9. The van der Waals surface area contributed by atoms with E-state index in [0.717, 1.165) is 17.5 Å². The molecule has 8 nitrogen and oxygen atoms in total. The van der Waals surface area contributed by atoms with Crippen LogP contribution in [0.2, 0.25) is 0 Å². The van der Waals surface area contributed by atoms with Gasteiger partial charge in [0.2, 0.25) is 11.9 Å². The number of para-hydroxylation sites is 2. The van der Waals surface area contributed by atoms with Gasteiger partial charge in [0.15, 0.2) is 17.4 Å². The quantitative estimate of drug-likeness (QED) is 0.394. The Labute approximate surface area is 199 Å². The molecule has 2 aromatic carbocycles. The Morgan fingerprint density at radius 2 is 1.91 bits per heavy atom. The molecule has 0 saturated heterocycles. The van der Waals surface area contributed by atoms with Crippen molar-refractivity contribution in [1.82, 2.24) is 9.55 Å². The Bertz CT molecular complexity index is 1200. The van der Waals surface area contributed by atoms with E-state index >= 15 is 0 Å². The molecule has 4 rings (SSSR count). The number of aromatic nitrogens is 2. The molecule has 3 aromatic rings. The second kappa shape index (κ2) is 9.75. The number of esters is 1. The number of imidazole rings is 1. The van der Waals surface area contributed by atoms with Crippen LogP contribution in [0.15, 0.2) is 42.5 Å². The van der Waals surface area contributed by atoms with Gasteiger partial charge in [-0.15, -0.1) is 0 Å². The number of hydrogen-bond acceptors (Lipinski definition) is 6. The van der Waals surface area contributed by atoms with Crippen LogP contribution in [0.3, 0.4) is 0 Å². The molecule has 0 fully saturated rings. The van der Waals surface area contributed by atoms with Gasteiger partial charge in [-0.25, -0.2) is 4.98 Å². The minimum Gasteiger partial charge on any atom is -0.504 e. The van der Waals surface area contributed by atoms with Crippen molar-refractivity contribution in [3.05, 3.63) is 48.0 Å². The van der Waals surface area contributed by atoms with E-state index in [1.54, 1.807) is 24.0 Å². The summed E-state index contributed by atoms with van der Waals surface area (Å²) in [6.07, 6.45) is 0.767. The number of nitrogens with zero attached hydrogens (tertiary/aromatic N) is 3. The molecule has 1 aliphatic heterocycles. The van der Waals surface area contributed by atoms with E-state index in [-0.39, 0.29) is 18.3 Å². The first kappa shape index (κ1) is 23.6. The summed E-state index contributed by atoms with van der Waals surface area (Å²) in [7, 11) is 0. The van der Waals surface area contributed by atoms with Gasteiger partial charge in [-0.1, -0.05) is 32.0 Å².